The third-order valence-corrected chi connectivity index (χ3v) is 6.12. The Labute approximate surface area is 185 Å². The van der Waals surface area contributed by atoms with Crippen molar-refractivity contribution in [3.8, 4) is 22.9 Å². The number of rotatable bonds is 3. The van der Waals surface area contributed by atoms with Crippen LogP contribution in [0.3, 0.4) is 0 Å². The van der Waals surface area contributed by atoms with E-state index in [1.165, 1.54) is 5.69 Å². The van der Waals surface area contributed by atoms with Crippen molar-refractivity contribution in [2.24, 2.45) is 0 Å². The molecule has 2 aromatic carbocycles. The molecule has 6 rings (SSSR count). The summed E-state index contributed by atoms with van der Waals surface area (Å²) in [5.41, 5.74) is 13.3. The summed E-state index contributed by atoms with van der Waals surface area (Å²) in [7, 11) is 2.17. The van der Waals surface area contributed by atoms with E-state index in [1.54, 1.807) is 12.3 Å². The van der Waals surface area contributed by atoms with Crippen LogP contribution in [0, 0.1) is 0 Å². The molecular formula is C24H24N8. The van der Waals surface area contributed by atoms with Crippen LogP contribution < -0.4 is 10.6 Å². The Kier molecular flexibility index (Phi) is 4.32. The maximum Gasteiger partial charge on any atom is 0.157 e. The molecule has 8 heteroatoms. The van der Waals surface area contributed by atoms with Crippen LogP contribution in [0.15, 0.2) is 54.7 Å². The number of nitrogens with one attached hydrogen (secondary N) is 2. The fraction of sp³-hybridized carbons (Fsp3) is 0.208. The molecule has 4 heterocycles. The largest absolute Gasteiger partial charge is 0.399 e. The Bertz CT molecular complexity index is 1420. The van der Waals surface area contributed by atoms with E-state index in [9.17, 15) is 0 Å². The average molecular weight is 425 g/mol. The van der Waals surface area contributed by atoms with Crippen molar-refractivity contribution in [1.82, 2.24) is 29.8 Å². The Morgan fingerprint density at radius 1 is 0.812 bits per heavy atom. The first-order valence-corrected chi connectivity index (χ1v) is 10.8. The van der Waals surface area contributed by atoms with Crippen LogP contribution in [0.5, 0.6) is 0 Å². The van der Waals surface area contributed by atoms with E-state index in [-0.39, 0.29) is 0 Å². The molecule has 0 spiro atoms. The number of anilines is 2. The first-order chi connectivity index (χ1) is 15.6. The quantitative estimate of drug-likeness (QED) is 0.410. The van der Waals surface area contributed by atoms with Crippen molar-refractivity contribution in [1.29, 1.82) is 0 Å². The lowest BCUT2D eigenvalue weighted by Gasteiger charge is -2.34. The number of aromatic nitrogens is 5. The molecule has 4 N–H and O–H groups in total. The second kappa shape index (κ2) is 7.35. The van der Waals surface area contributed by atoms with Crippen molar-refractivity contribution in [3.05, 3.63) is 54.7 Å². The predicted molar refractivity (Wildman–Crippen MR) is 129 cm³/mol. The molecule has 8 nitrogen and oxygen atoms in total. The number of nitrogen functional groups attached to an aromatic ring is 1. The summed E-state index contributed by atoms with van der Waals surface area (Å²) in [5.74, 6) is 1.54. The zero-order valence-electron chi connectivity index (χ0n) is 17.8. The summed E-state index contributed by atoms with van der Waals surface area (Å²) < 4.78 is 0. The number of nitrogens with zero attached hydrogens (tertiary/aromatic N) is 5. The number of aromatic amines is 2. The maximum absolute atomic E-state index is 5.89. The van der Waals surface area contributed by atoms with Crippen molar-refractivity contribution < 1.29 is 0 Å². The van der Waals surface area contributed by atoms with Gasteiger partial charge in [0, 0.05) is 49.3 Å². The molecule has 0 unspecified atom stereocenters. The van der Waals surface area contributed by atoms with E-state index < -0.39 is 0 Å². The smallest absolute Gasteiger partial charge is 0.157 e. The number of pyridine rings is 1. The molecule has 0 radical (unpaired) electrons. The standard InChI is InChI=1S/C24H24N8/c1-31-8-10-32(11-9-31)17-3-5-19-21(14-17)29-23(27-19)15-2-4-18-20(12-15)30-24(28-18)22-13-16(25)6-7-26-22/h2-7,12-14H,8-11H2,1H3,(H2,25,26)(H,27,29)(H,28,30). The minimum atomic E-state index is 0.661. The van der Waals surface area contributed by atoms with Gasteiger partial charge in [0.25, 0.3) is 0 Å². The zero-order valence-corrected chi connectivity index (χ0v) is 17.8. The molecule has 0 bridgehead atoms. The van der Waals surface area contributed by atoms with E-state index in [2.05, 4.69) is 61.0 Å². The number of imidazole rings is 2. The van der Waals surface area contributed by atoms with E-state index >= 15 is 0 Å². The maximum atomic E-state index is 5.89. The predicted octanol–water partition coefficient (Wildman–Crippen LogP) is 3.50. The molecule has 5 aromatic rings. The fourth-order valence-corrected chi connectivity index (χ4v) is 4.25. The number of piperazine rings is 1. The van der Waals surface area contributed by atoms with E-state index in [0.717, 1.165) is 65.3 Å². The molecule has 32 heavy (non-hydrogen) atoms. The third-order valence-electron chi connectivity index (χ3n) is 6.12. The molecule has 1 fully saturated rings. The lowest BCUT2D eigenvalue weighted by atomic mass is 10.2. The topological polar surface area (TPSA) is 103 Å². The molecule has 160 valence electrons. The van der Waals surface area contributed by atoms with Gasteiger partial charge in [0.15, 0.2) is 5.82 Å². The molecule has 0 atom stereocenters. The van der Waals surface area contributed by atoms with Crippen LogP contribution in [0.25, 0.3) is 45.0 Å². The summed E-state index contributed by atoms with van der Waals surface area (Å²) >= 11 is 0. The van der Waals surface area contributed by atoms with Crippen LogP contribution >= 0.6 is 0 Å². The Hall–Kier alpha value is -3.91. The van der Waals surface area contributed by atoms with Crippen molar-refractivity contribution in [2.45, 2.75) is 0 Å². The first kappa shape index (κ1) is 18.8. The van der Waals surface area contributed by atoms with Crippen LogP contribution in [-0.4, -0.2) is 63.0 Å². The van der Waals surface area contributed by atoms with Crippen molar-refractivity contribution >= 4 is 33.4 Å². The number of fused-ring (bicyclic) bond motifs is 2. The Morgan fingerprint density at radius 2 is 1.53 bits per heavy atom. The zero-order chi connectivity index (χ0) is 21.7. The molecular weight excluding hydrogens is 400 g/mol. The molecule has 1 saturated heterocycles. The second-order valence-corrected chi connectivity index (χ2v) is 8.37. The average Bonchev–Trinajstić information content (AvgIpc) is 3.43. The molecule has 0 aliphatic carbocycles. The minimum absolute atomic E-state index is 0.661. The van der Waals surface area contributed by atoms with Crippen molar-refractivity contribution in [3.63, 3.8) is 0 Å². The second-order valence-electron chi connectivity index (χ2n) is 8.37. The van der Waals surface area contributed by atoms with Gasteiger partial charge in [0.05, 0.1) is 22.1 Å². The van der Waals surface area contributed by atoms with Gasteiger partial charge in [-0.15, -0.1) is 0 Å². The number of nitrogens with two attached hydrogens (primary N) is 1. The molecule has 0 amide bonds. The SMILES string of the molecule is CN1CCN(c2ccc3nc(-c4ccc5nc(-c6cc(N)ccn6)[nH]c5c4)[nH]c3c2)CC1. The van der Waals surface area contributed by atoms with E-state index in [1.807, 2.05) is 18.2 Å². The molecule has 1 aliphatic rings. The minimum Gasteiger partial charge on any atom is -0.399 e. The molecule has 3 aromatic heterocycles. The van der Waals surface area contributed by atoms with Gasteiger partial charge in [-0.1, -0.05) is 0 Å². The van der Waals surface area contributed by atoms with Gasteiger partial charge in [-0.25, -0.2) is 9.97 Å². The van der Waals surface area contributed by atoms with E-state index in [4.69, 9.17) is 10.7 Å². The van der Waals surface area contributed by atoms with Gasteiger partial charge in [-0.2, -0.15) is 0 Å². The fourth-order valence-electron chi connectivity index (χ4n) is 4.25. The number of benzene rings is 2. The molecule has 1 aliphatic heterocycles. The lowest BCUT2D eigenvalue weighted by Crippen LogP contribution is -2.44. The summed E-state index contributed by atoms with van der Waals surface area (Å²) in [4.78, 5) is 25.5. The van der Waals surface area contributed by atoms with E-state index in [0.29, 0.717) is 11.5 Å². The van der Waals surface area contributed by atoms with Crippen LogP contribution in [-0.2, 0) is 0 Å². The normalized spacial score (nSPS) is 15.1. The Balaban J connectivity index is 1.33. The number of hydrogen-bond donors (Lipinski definition) is 3. The number of H-pyrrole nitrogens is 2. The van der Waals surface area contributed by atoms with Crippen molar-refractivity contribution in [2.75, 3.05) is 43.9 Å². The molecule has 0 saturated carbocycles. The van der Waals surface area contributed by atoms with Gasteiger partial charge in [-0.05, 0) is 55.6 Å². The summed E-state index contributed by atoms with van der Waals surface area (Å²) in [5, 5.41) is 0. The highest BCUT2D eigenvalue weighted by molar-refractivity contribution is 5.87. The van der Waals surface area contributed by atoms with Gasteiger partial charge < -0.3 is 25.5 Å². The monoisotopic (exact) mass is 424 g/mol. The summed E-state index contributed by atoms with van der Waals surface area (Å²) in [6.07, 6.45) is 1.69. The Morgan fingerprint density at radius 3 is 2.34 bits per heavy atom. The van der Waals surface area contributed by atoms with Crippen LogP contribution in [0.2, 0.25) is 0 Å². The van der Waals surface area contributed by atoms with Gasteiger partial charge in [0.2, 0.25) is 0 Å². The highest BCUT2D eigenvalue weighted by Gasteiger charge is 2.16. The summed E-state index contributed by atoms with van der Waals surface area (Å²) in [6, 6.07) is 16.2. The van der Waals surface area contributed by atoms with Crippen LogP contribution in [0.1, 0.15) is 0 Å². The van der Waals surface area contributed by atoms with Gasteiger partial charge in [-0.3, -0.25) is 4.98 Å². The number of hydrogen-bond acceptors (Lipinski definition) is 6. The summed E-state index contributed by atoms with van der Waals surface area (Å²) in [6.45, 7) is 4.26. The van der Waals surface area contributed by atoms with Crippen LogP contribution in [0.4, 0.5) is 11.4 Å². The lowest BCUT2D eigenvalue weighted by molar-refractivity contribution is 0.313. The number of likely N-dealkylation sites (N-methyl/N-ethyl adjacent to an activating group) is 1. The highest BCUT2D eigenvalue weighted by Crippen LogP contribution is 2.28. The first-order valence-electron chi connectivity index (χ1n) is 10.8. The van der Waals surface area contributed by atoms with Gasteiger partial charge >= 0.3 is 0 Å². The highest BCUT2D eigenvalue weighted by atomic mass is 15.2. The van der Waals surface area contributed by atoms with Gasteiger partial charge in [0.1, 0.15) is 11.5 Å². The third kappa shape index (κ3) is 3.34.